The number of nitrogens with zero attached hydrogens (tertiary/aromatic N) is 2. The van der Waals surface area contributed by atoms with Crippen LogP contribution in [0.3, 0.4) is 0 Å². The van der Waals surface area contributed by atoms with E-state index in [9.17, 15) is 9.18 Å². The summed E-state index contributed by atoms with van der Waals surface area (Å²) in [7, 11) is 0. The van der Waals surface area contributed by atoms with Crippen molar-refractivity contribution in [3.63, 3.8) is 0 Å². The maximum atomic E-state index is 13.1. The predicted octanol–water partition coefficient (Wildman–Crippen LogP) is 2.16. The Kier molecular flexibility index (Phi) is 4.37. The monoisotopic (exact) mass is 275 g/mol. The van der Waals surface area contributed by atoms with Gasteiger partial charge in [-0.05, 0) is 24.6 Å². The molecule has 0 aliphatic carbocycles. The Hall–Kier alpha value is -2.34. The highest BCUT2D eigenvalue weighted by Gasteiger charge is 2.13. The van der Waals surface area contributed by atoms with E-state index in [1.807, 2.05) is 6.92 Å². The first-order valence-electron chi connectivity index (χ1n) is 6.09. The second-order valence-corrected chi connectivity index (χ2v) is 4.35. The molecule has 1 aromatic carbocycles. The summed E-state index contributed by atoms with van der Waals surface area (Å²) in [5.74, 6) is -1.37. The Morgan fingerprint density at radius 2 is 2.30 bits per heavy atom. The molecule has 0 aliphatic heterocycles. The molecule has 0 saturated heterocycles. The fourth-order valence-corrected chi connectivity index (χ4v) is 1.82. The van der Waals surface area contributed by atoms with E-state index in [4.69, 9.17) is 5.11 Å². The molecule has 0 bridgehead atoms. The molecule has 2 rings (SSSR count). The van der Waals surface area contributed by atoms with E-state index >= 15 is 0 Å². The average Bonchev–Trinajstić information content (AvgIpc) is 2.45. The normalized spacial score (nSPS) is 12.1. The van der Waals surface area contributed by atoms with Gasteiger partial charge in [-0.25, -0.2) is 19.2 Å². The van der Waals surface area contributed by atoms with Crippen molar-refractivity contribution in [3.05, 3.63) is 59.4 Å². The fourth-order valence-electron chi connectivity index (χ4n) is 1.82. The van der Waals surface area contributed by atoms with Crippen molar-refractivity contribution >= 4 is 5.97 Å². The topological polar surface area (TPSA) is 75.1 Å². The molecule has 0 spiro atoms. The van der Waals surface area contributed by atoms with Crippen molar-refractivity contribution in [1.82, 2.24) is 15.3 Å². The van der Waals surface area contributed by atoms with Crippen molar-refractivity contribution in [1.29, 1.82) is 0 Å². The minimum Gasteiger partial charge on any atom is -0.478 e. The first-order valence-corrected chi connectivity index (χ1v) is 6.09. The van der Waals surface area contributed by atoms with E-state index in [-0.39, 0.29) is 24.0 Å². The van der Waals surface area contributed by atoms with Crippen molar-refractivity contribution in [2.24, 2.45) is 0 Å². The predicted molar refractivity (Wildman–Crippen MR) is 70.6 cm³/mol. The number of hydrogen-bond donors (Lipinski definition) is 2. The van der Waals surface area contributed by atoms with Gasteiger partial charge in [0.05, 0.1) is 5.69 Å². The number of aromatic nitrogens is 2. The number of rotatable bonds is 5. The highest BCUT2D eigenvalue weighted by atomic mass is 19.1. The van der Waals surface area contributed by atoms with E-state index in [1.165, 1.54) is 24.7 Å². The van der Waals surface area contributed by atoms with Gasteiger partial charge in [-0.1, -0.05) is 12.1 Å². The highest BCUT2D eigenvalue weighted by molar-refractivity contribution is 5.88. The van der Waals surface area contributed by atoms with Gasteiger partial charge in [0.15, 0.2) is 0 Å². The van der Waals surface area contributed by atoms with E-state index in [1.54, 1.807) is 12.1 Å². The number of carbonyl (C=O) groups is 1. The summed E-state index contributed by atoms with van der Waals surface area (Å²) in [5.41, 5.74) is 1.25. The molecule has 0 saturated carbocycles. The highest BCUT2D eigenvalue weighted by Crippen LogP contribution is 2.14. The van der Waals surface area contributed by atoms with Crippen LogP contribution in [0.2, 0.25) is 0 Å². The Balaban J connectivity index is 2.07. The molecule has 1 aromatic heterocycles. The molecule has 0 fully saturated rings. The lowest BCUT2D eigenvalue weighted by atomic mass is 10.1. The van der Waals surface area contributed by atoms with Gasteiger partial charge >= 0.3 is 5.97 Å². The van der Waals surface area contributed by atoms with Gasteiger partial charge in [0, 0.05) is 18.8 Å². The Morgan fingerprint density at radius 3 is 3.00 bits per heavy atom. The van der Waals surface area contributed by atoms with Crippen LogP contribution in [-0.4, -0.2) is 21.0 Å². The van der Waals surface area contributed by atoms with Crippen LogP contribution in [0.25, 0.3) is 0 Å². The second-order valence-electron chi connectivity index (χ2n) is 4.35. The zero-order valence-electron chi connectivity index (χ0n) is 10.9. The van der Waals surface area contributed by atoms with E-state index < -0.39 is 5.97 Å². The van der Waals surface area contributed by atoms with Gasteiger partial charge in [-0.2, -0.15) is 0 Å². The molecule has 0 aliphatic rings. The summed E-state index contributed by atoms with van der Waals surface area (Å²) < 4.78 is 13.1. The zero-order valence-corrected chi connectivity index (χ0v) is 10.9. The number of halogens is 1. The van der Waals surface area contributed by atoms with Crippen LogP contribution >= 0.6 is 0 Å². The van der Waals surface area contributed by atoms with Crippen LogP contribution in [0.5, 0.6) is 0 Å². The SMILES string of the molecule is C[C@@H](NCc1ncncc1C(=O)O)c1cccc(F)c1. The molecular formula is C14H14FN3O2. The summed E-state index contributed by atoms with van der Waals surface area (Å²) in [4.78, 5) is 18.7. The third-order valence-corrected chi connectivity index (χ3v) is 2.95. The molecule has 6 heteroatoms. The van der Waals surface area contributed by atoms with Crippen LogP contribution in [0.4, 0.5) is 4.39 Å². The lowest BCUT2D eigenvalue weighted by Gasteiger charge is -2.14. The summed E-state index contributed by atoms with van der Waals surface area (Å²) in [6.07, 6.45) is 2.56. The molecular weight excluding hydrogens is 261 g/mol. The van der Waals surface area contributed by atoms with Gasteiger partial charge in [0.2, 0.25) is 0 Å². The largest absolute Gasteiger partial charge is 0.478 e. The van der Waals surface area contributed by atoms with Crippen LogP contribution < -0.4 is 5.32 Å². The molecule has 5 nitrogen and oxygen atoms in total. The molecule has 1 atom stereocenters. The van der Waals surface area contributed by atoms with Crippen molar-refractivity contribution in [2.75, 3.05) is 0 Å². The van der Waals surface area contributed by atoms with E-state index in [0.717, 1.165) is 5.56 Å². The lowest BCUT2D eigenvalue weighted by Crippen LogP contribution is -2.21. The smallest absolute Gasteiger partial charge is 0.339 e. The zero-order chi connectivity index (χ0) is 14.5. The minimum atomic E-state index is -1.07. The minimum absolute atomic E-state index is 0.0615. The summed E-state index contributed by atoms with van der Waals surface area (Å²) >= 11 is 0. The number of aromatic carboxylic acids is 1. The molecule has 20 heavy (non-hydrogen) atoms. The van der Waals surface area contributed by atoms with Crippen LogP contribution in [-0.2, 0) is 6.54 Å². The van der Waals surface area contributed by atoms with E-state index in [0.29, 0.717) is 5.69 Å². The number of hydrogen-bond acceptors (Lipinski definition) is 4. The number of benzene rings is 1. The quantitative estimate of drug-likeness (QED) is 0.874. The number of carboxylic acids is 1. The van der Waals surface area contributed by atoms with Gasteiger partial charge in [0.1, 0.15) is 17.7 Å². The summed E-state index contributed by atoms with van der Waals surface area (Å²) in [6.45, 7) is 2.14. The van der Waals surface area contributed by atoms with Gasteiger partial charge in [-0.15, -0.1) is 0 Å². The maximum absolute atomic E-state index is 13.1. The first-order chi connectivity index (χ1) is 9.58. The Morgan fingerprint density at radius 1 is 1.50 bits per heavy atom. The number of carboxylic acid groups (broad SMARTS) is 1. The van der Waals surface area contributed by atoms with Gasteiger partial charge in [-0.3, -0.25) is 0 Å². The third-order valence-electron chi connectivity index (χ3n) is 2.95. The molecule has 0 unspecified atom stereocenters. The number of nitrogens with one attached hydrogen (secondary N) is 1. The van der Waals surface area contributed by atoms with Crippen LogP contribution in [0.1, 0.15) is 34.6 Å². The lowest BCUT2D eigenvalue weighted by molar-refractivity contribution is 0.0694. The maximum Gasteiger partial charge on any atom is 0.339 e. The first kappa shape index (κ1) is 14.1. The van der Waals surface area contributed by atoms with Crippen molar-refractivity contribution < 1.29 is 14.3 Å². The Bertz CT molecular complexity index is 619. The van der Waals surface area contributed by atoms with Crippen molar-refractivity contribution in [3.8, 4) is 0 Å². The van der Waals surface area contributed by atoms with Crippen molar-refractivity contribution in [2.45, 2.75) is 19.5 Å². The summed E-state index contributed by atoms with van der Waals surface area (Å²) in [5, 5.41) is 12.1. The fraction of sp³-hybridized carbons (Fsp3) is 0.214. The summed E-state index contributed by atoms with van der Waals surface area (Å²) in [6, 6.07) is 6.14. The molecule has 1 heterocycles. The molecule has 2 N–H and O–H groups in total. The van der Waals surface area contributed by atoms with Crippen LogP contribution in [0, 0.1) is 5.82 Å². The van der Waals surface area contributed by atoms with E-state index in [2.05, 4.69) is 15.3 Å². The standard InChI is InChI=1S/C14H14FN3O2/c1-9(10-3-2-4-11(15)5-10)17-7-13-12(14(19)20)6-16-8-18-13/h2-6,8-9,17H,7H2,1H3,(H,19,20)/t9-/m1/s1. The molecule has 104 valence electrons. The van der Waals surface area contributed by atoms with Crippen LogP contribution in [0.15, 0.2) is 36.8 Å². The molecule has 0 amide bonds. The molecule has 0 radical (unpaired) electrons. The second kappa shape index (κ2) is 6.21. The van der Waals surface area contributed by atoms with Gasteiger partial charge in [0.25, 0.3) is 0 Å². The third kappa shape index (κ3) is 3.36. The Labute approximate surface area is 115 Å². The van der Waals surface area contributed by atoms with Gasteiger partial charge < -0.3 is 10.4 Å². The molecule has 2 aromatic rings. The average molecular weight is 275 g/mol.